The first-order valence-corrected chi connectivity index (χ1v) is 17.0. The molecule has 1 amide bonds. The Balaban J connectivity index is 1.24. The molecule has 4 aromatic carbocycles. The number of rotatable bonds is 16. The smallest absolute Gasteiger partial charge is 0.303 e. The molecular weight excluding hydrogens is 636 g/mol. The van der Waals surface area contributed by atoms with Gasteiger partial charge in [-0.2, -0.15) is 0 Å². The maximum Gasteiger partial charge on any atom is 0.303 e. The molecule has 1 aliphatic rings. The number of ether oxygens (including phenoxy) is 2. The largest absolute Gasteiger partial charge is 0.508 e. The van der Waals surface area contributed by atoms with E-state index in [-0.39, 0.29) is 36.9 Å². The standard InChI is InChI=1S/C40H46N2O8/c1-42(25-36(45)33-8-5-9-34(44)21-33)24-35-22-37(30-14-12-27(26-43)13-15-30)50-40(49-35)31-18-16-29(17-19-31)32-7-4-6-28(20-32)23-41-38(46)10-2-3-11-39(47)48/h4-9,12-21,35-37,40,43-45H,2-3,10-11,22-26H2,1H3,(H,41,46)(H,47,48)/t35-,36+,37+,40+/m0/s1. The second-order valence-electron chi connectivity index (χ2n) is 12.9. The van der Waals surface area contributed by atoms with E-state index in [1.54, 1.807) is 24.3 Å². The van der Waals surface area contributed by atoms with E-state index in [9.17, 15) is 24.9 Å². The third-order valence-electron chi connectivity index (χ3n) is 8.85. The number of phenols is 1. The summed E-state index contributed by atoms with van der Waals surface area (Å²) in [6, 6.07) is 30.4. The molecule has 264 valence electrons. The van der Waals surface area contributed by atoms with Crippen molar-refractivity contribution in [3.05, 3.63) is 125 Å². The van der Waals surface area contributed by atoms with Crippen LogP contribution >= 0.6 is 0 Å². The molecule has 4 aromatic rings. The molecule has 5 N–H and O–H groups in total. The van der Waals surface area contributed by atoms with Crippen LogP contribution in [0.3, 0.4) is 0 Å². The fourth-order valence-electron chi connectivity index (χ4n) is 6.13. The highest BCUT2D eigenvalue weighted by Gasteiger charge is 2.33. The van der Waals surface area contributed by atoms with E-state index in [2.05, 4.69) is 5.32 Å². The van der Waals surface area contributed by atoms with Crippen LogP contribution in [0.5, 0.6) is 5.75 Å². The van der Waals surface area contributed by atoms with E-state index in [0.29, 0.717) is 50.9 Å². The maximum atomic E-state index is 12.2. The zero-order chi connectivity index (χ0) is 35.5. The van der Waals surface area contributed by atoms with Gasteiger partial charge in [-0.25, -0.2) is 0 Å². The summed E-state index contributed by atoms with van der Waals surface area (Å²) in [4.78, 5) is 24.9. The summed E-state index contributed by atoms with van der Waals surface area (Å²) in [5, 5.41) is 41.9. The second-order valence-corrected chi connectivity index (χ2v) is 12.9. The summed E-state index contributed by atoms with van der Waals surface area (Å²) in [5.41, 5.74) is 6.28. The molecule has 10 nitrogen and oxygen atoms in total. The highest BCUT2D eigenvalue weighted by molar-refractivity contribution is 5.76. The Bertz CT molecular complexity index is 1690. The minimum atomic E-state index is -0.851. The highest BCUT2D eigenvalue weighted by atomic mass is 16.7. The number of likely N-dealkylation sites (N-methyl/N-ethyl adjacent to an activating group) is 1. The van der Waals surface area contributed by atoms with E-state index >= 15 is 0 Å². The van der Waals surface area contributed by atoms with Crippen molar-refractivity contribution in [1.29, 1.82) is 0 Å². The Kier molecular flexibility index (Phi) is 13.1. The monoisotopic (exact) mass is 682 g/mol. The summed E-state index contributed by atoms with van der Waals surface area (Å²) < 4.78 is 13.0. The van der Waals surface area contributed by atoms with E-state index in [0.717, 1.165) is 33.4 Å². The van der Waals surface area contributed by atoms with Gasteiger partial charge in [0, 0.05) is 44.5 Å². The predicted molar refractivity (Wildman–Crippen MR) is 189 cm³/mol. The molecule has 0 unspecified atom stereocenters. The number of aliphatic hydroxyl groups excluding tert-OH is 2. The second kappa shape index (κ2) is 17.9. The molecule has 1 fully saturated rings. The molecule has 1 aliphatic heterocycles. The van der Waals surface area contributed by atoms with E-state index in [1.165, 1.54) is 0 Å². The quantitative estimate of drug-likeness (QED) is 0.0895. The van der Waals surface area contributed by atoms with Crippen LogP contribution < -0.4 is 5.32 Å². The molecule has 50 heavy (non-hydrogen) atoms. The van der Waals surface area contributed by atoms with Crippen LogP contribution in [-0.2, 0) is 32.2 Å². The highest BCUT2D eigenvalue weighted by Crippen LogP contribution is 2.39. The minimum absolute atomic E-state index is 0.0352. The van der Waals surface area contributed by atoms with E-state index in [1.807, 2.05) is 84.7 Å². The number of benzene rings is 4. The maximum absolute atomic E-state index is 12.2. The fourth-order valence-corrected chi connectivity index (χ4v) is 6.13. The van der Waals surface area contributed by atoms with Crippen molar-refractivity contribution in [2.24, 2.45) is 0 Å². The number of amides is 1. The Morgan fingerprint density at radius 1 is 0.860 bits per heavy atom. The number of nitrogens with zero attached hydrogens (tertiary/aromatic N) is 1. The van der Waals surface area contributed by atoms with Crippen molar-refractivity contribution in [1.82, 2.24) is 10.2 Å². The summed E-state index contributed by atoms with van der Waals surface area (Å²) >= 11 is 0. The summed E-state index contributed by atoms with van der Waals surface area (Å²) in [7, 11) is 1.93. The first-order valence-electron chi connectivity index (χ1n) is 17.0. The van der Waals surface area contributed by atoms with Crippen molar-refractivity contribution in [2.45, 2.75) is 69.9 Å². The van der Waals surface area contributed by atoms with Crippen LogP contribution in [0.15, 0.2) is 97.1 Å². The molecule has 1 saturated heterocycles. The van der Waals surface area contributed by atoms with Gasteiger partial charge in [-0.1, -0.05) is 78.9 Å². The molecule has 0 bridgehead atoms. The molecular formula is C40H46N2O8. The average Bonchev–Trinajstić information content (AvgIpc) is 3.12. The molecule has 0 radical (unpaired) electrons. The van der Waals surface area contributed by atoms with Gasteiger partial charge in [0.25, 0.3) is 0 Å². The van der Waals surface area contributed by atoms with Crippen LogP contribution in [-0.4, -0.2) is 63.4 Å². The number of hydrogen-bond acceptors (Lipinski definition) is 8. The molecule has 0 aromatic heterocycles. The first kappa shape index (κ1) is 36.7. The molecule has 4 atom stereocenters. The van der Waals surface area contributed by atoms with Gasteiger partial charge in [0.05, 0.1) is 24.9 Å². The number of aliphatic hydroxyl groups is 2. The van der Waals surface area contributed by atoms with Crippen molar-refractivity contribution in [3.8, 4) is 16.9 Å². The Hall–Kier alpha value is -4.58. The first-order chi connectivity index (χ1) is 24.2. The van der Waals surface area contributed by atoms with Crippen LogP contribution in [0.25, 0.3) is 11.1 Å². The van der Waals surface area contributed by atoms with Gasteiger partial charge in [0.15, 0.2) is 6.29 Å². The van der Waals surface area contributed by atoms with E-state index in [4.69, 9.17) is 14.6 Å². The lowest BCUT2D eigenvalue weighted by Gasteiger charge is -2.38. The van der Waals surface area contributed by atoms with Crippen molar-refractivity contribution >= 4 is 11.9 Å². The van der Waals surface area contributed by atoms with Crippen molar-refractivity contribution in [2.75, 3.05) is 20.1 Å². The number of aliphatic carboxylic acids is 1. The van der Waals surface area contributed by atoms with Gasteiger partial charge < -0.3 is 40.1 Å². The Labute approximate surface area is 292 Å². The van der Waals surface area contributed by atoms with Crippen molar-refractivity contribution < 1.29 is 39.5 Å². The summed E-state index contributed by atoms with van der Waals surface area (Å²) in [6.45, 7) is 1.25. The Morgan fingerprint density at radius 2 is 1.58 bits per heavy atom. The van der Waals surface area contributed by atoms with Crippen molar-refractivity contribution in [3.63, 3.8) is 0 Å². The number of phenolic OH excluding ortho intramolecular Hbond substituents is 1. The molecule has 0 spiro atoms. The van der Waals surface area contributed by atoms with Gasteiger partial charge in [-0.05, 0) is 71.5 Å². The molecule has 10 heteroatoms. The van der Waals surface area contributed by atoms with Gasteiger partial charge in [-0.3, -0.25) is 9.59 Å². The SMILES string of the molecule is CN(C[C@@H]1C[C@H](c2ccc(CO)cc2)O[C@H](c2ccc(-c3cccc(CNC(=O)CCCCC(=O)O)c3)cc2)O1)C[C@@H](O)c1cccc(O)c1. The number of carboxylic acid groups (broad SMARTS) is 1. The number of hydrogen-bond donors (Lipinski definition) is 5. The lowest BCUT2D eigenvalue weighted by molar-refractivity contribution is -0.252. The predicted octanol–water partition coefficient (Wildman–Crippen LogP) is 6.02. The Morgan fingerprint density at radius 3 is 2.30 bits per heavy atom. The number of carbonyl (C=O) groups is 2. The van der Waals surface area contributed by atoms with Gasteiger partial charge in [0.1, 0.15) is 5.75 Å². The summed E-state index contributed by atoms with van der Waals surface area (Å²) in [6.07, 6.45) is 0.120. The molecule has 0 aliphatic carbocycles. The minimum Gasteiger partial charge on any atom is -0.508 e. The summed E-state index contributed by atoms with van der Waals surface area (Å²) in [5.74, 6) is -0.839. The number of aromatic hydroxyl groups is 1. The lowest BCUT2D eigenvalue weighted by Crippen LogP contribution is -2.39. The van der Waals surface area contributed by atoms with E-state index < -0.39 is 18.4 Å². The van der Waals surface area contributed by atoms with Gasteiger partial charge >= 0.3 is 5.97 Å². The van der Waals surface area contributed by atoms with Gasteiger partial charge in [0.2, 0.25) is 5.91 Å². The number of unbranched alkanes of at least 4 members (excludes halogenated alkanes) is 1. The number of nitrogens with one attached hydrogen (secondary N) is 1. The number of carboxylic acids is 1. The molecule has 5 rings (SSSR count). The molecule has 0 saturated carbocycles. The zero-order valence-electron chi connectivity index (χ0n) is 28.3. The van der Waals surface area contributed by atoms with Gasteiger partial charge in [-0.15, -0.1) is 0 Å². The molecule has 1 heterocycles. The van der Waals surface area contributed by atoms with Crippen LogP contribution in [0.1, 0.15) is 78.4 Å². The third kappa shape index (κ3) is 10.7. The fraction of sp³-hybridized carbons (Fsp3) is 0.350. The number of carbonyl (C=O) groups excluding carboxylic acids is 1. The van der Waals surface area contributed by atoms with Crippen LogP contribution in [0.4, 0.5) is 0 Å². The topological polar surface area (TPSA) is 149 Å². The third-order valence-corrected chi connectivity index (χ3v) is 8.85. The van der Waals surface area contributed by atoms with Crippen LogP contribution in [0.2, 0.25) is 0 Å². The normalized spacial score (nSPS) is 18.1. The average molecular weight is 683 g/mol. The zero-order valence-corrected chi connectivity index (χ0v) is 28.3. The van der Waals surface area contributed by atoms with Crippen LogP contribution in [0, 0.1) is 0 Å². The lowest BCUT2D eigenvalue weighted by atomic mass is 9.98.